The summed E-state index contributed by atoms with van der Waals surface area (Å²) in [4.78, 5) is 0. The van der Waals surface area contributed by atoms with Gasteiger partial charge in [0.2, 0.25) is 0 Å². The second-order valence-electron chi connectivity index (χ2n) is 5.37. The number of hydrogen-bond donors (Lipinski definition) is 2. The van der Waals surface area contributed by atoms with Crippen LogP contribution in [0.1, 0.15) is 42.9 Å². The van der Waals surface area contributed by atoms with E-state index in [1.165, 1.54) is 42.6 Å². The van der Waals surface area contributed by atoms with Crippen molar-refractivity contribution in [3.05, 3.63) is 29.3 Å². The normalized spacial score (nSPS) is 27.1. The minimum absolute atomic E-state index is 0.400. The molecule has 18 heavy (non-hydrogen) atoms. The average Bonchev–Trinajstić information content (AvgIpc) is 2.80. The highest BCUT2D eigenvalue weighted by molar-refractivity contribution is 7.99. The summed E-state index contributed by atoms with van der Waals surface area (Å²) in [6.45, 7) is 1.13. The zero-order valence-electron chi connectivity index (χ0n) is 10.7. The Balaban J connectivity index is 1.59. The molecule has 2 unspecified atom stereocenters. The third-order valence-corrected chi connectivity index (χ3v) is 5.47. The molecule has 0 aromatic heterocycles. The lowest BCUT2D eigenvalue weighted by Crippen LogP contribution is -2.29. The number of aryl methyl sites for hydroxylation is 1. The standard InChI is InChI=1S/C15H21NOS/c17-12-5-6-14-11(9-12)4-7-15(14)16-10-13-3-1-2-8-18-13/h5-6,9,13,15-17H,1-4,7-8,10H2. The van der Waals surface area contributed by atoms with E-state index in [0.29, 0.717) is 11.8 Å². The summed E-state index contributed by atoms with van der Waals surface area (Å²) in [5.74, 6) is 1.74. The van der Waals surface area contributed by atoms with Crippen LogP contribution in [0.2, 0.25) is 0 Å². The molecular weight excluding hydrogens is 242 g/mol. The molecule has 2 nitrogen and oxygen atoms in total. The van der Waals surface area contributed by atoms with E-state index >= 15 is 0 Å². The van der Waals surface area contributed by atoms with Crippen LogP contribution >= 0.6 is 11.8 Å². The lowest BCUT2D eigenvalue weighted by atomic mass is 10.1. The van der Waals surface area contributed by atoms with Crippen molar-refractivity contribution in [1.29, 1.82) is 0 Å². The van der Waals surface area contributed by atoms with E-state index in [4.69, 9.17) is 0 Å². The topological polar surface area (TPSA) is 32.3 Å². The van der Waals surface area contributed by atoms with Crippen LogP contribution in [0.5, 0.6) is 5.75 Å². The van der Waals surface area contributed by atoms with Gasteiger partial charge in [-0.2, -0.15) is 11.8 Å². The van der Waals surface area contributed by atoms with Gasteiger partial charge in [0.05, 0.1) is 0 Å². The van der Waals surface area contributed by atoms with E-state index < -0.39 is 0 Å². The molecule has 2 atom stereocenters. The molecule has 1 heterocycles. The predicted molar refractivity (Wildman–Crippen MR) is 77.3 cm³/mol. The first kappa shape index (κ1) is 12.4. The van der Waals surface area contributed by atoms with Crippen LogP contribution < -0.4 is 5.32 Å². The molecule has 0 saturated carbocycles. The number of phenolic OH excluding ortho intramolecular Hbond substituents is 1. The van der Waals surface area contributed by atoms with E-state index in [1.54, 1.807) is 0 Å². The summed E-state index contributed by atoms with van der Waals surface area (Å²) in [7, 11) is 0. The van der Waals surface area contributed by atoms with Crippen molar-refractivity contribution in [3.63, 3.8) is 0 Å². The molecular formula is C15H21NOS. The molecule has 0 bridgehead atoms. The summed E-state index contributed by atoms with van der Waals surface area (Å²) in [6, 6.07) is 6.33. The third kappa shape index (κ3) is 2.67. The fraction of sp³-hybridized carbons (Fsp3) is 0.600. The van der Waals surface area contributed by atoms with E-state index in [1.807, 2.05) is 12.1 Å². The van der Waals surface area contributed by atoms with Crippen LogP contribution in [-0.2, 0) is 6.42 Å². The Bertz CT molecular complexity index is 415. The Morgan fingerprint density at radius 2 is 2.22 bits per heavy atom. The zero-order chi connectivity index (χ0) is 12.4. The van der Waals surface area contributed by atoms with E-state index in [2.05, 4.69) is 23.1 Å². The number of hydrogen-bond acceptors (Lipinski definition) is 3. The van der Waals surface area contributed by atoms with Gasteiger partial charge in [0.15, 0.2) is 0 Å². The highest BCUT2D eigenvalue weighted by Gasteiger charge is 2.23. The first-order valence-corrected chi connectivity index (χ1v) is 8.04. The second-order valence-corrected chi connectivity index (χ2v) is 6.78. The highest BCUT2D eigenvalue weighted by atomic mass is 32.2. The molecule has 1 aliphatic heterocycles. The summed E-state index contributed by atoms with van der Waals surface area (Å²) in [5, 5.41) is 14.0. The summed E-state index contributed by atoms with van der Waals surface area (Å²) in [6.07, 6.45) is 6.43. The Morgan fingerprint density at radius 3 is 3.06 bits per heavy atom. The van der Waals surface area contributed by atoms with Crippen molar-refractivity contribution in [2.45, 2.75) is 43.4 Å². The monoisotopic (exact) mass is 263 g/mol. The Morgan fingerprint density at radius 1 is 1.28 bits per heavy atom. The SMILES string of the molecule is Oc1ccc2c(c1)CCC2NCC1CCCCS1. The van der Waals surface area contributed by atoms with Gasteiger partial charge in [-0.05, 0) is 54.7 Å². The molecule has 1 aliphatic carbocycles. The molecule has 98 valence electrons. The molecule has 1 fully saturated rings. The molecule has 3 rings (SSSR count). The second kappa shape index (κ2) is 5.54. The number of phenols is 1. The fourth-order valence-electron chi connectivity index (χ4n) is 3.06. The third-order valence-electron chi connectivity index (χ3n) is 4.07. The summed E-state index contributed by atoms with van der Waals surface area (Å²) < 4.78 is 0. The molecule has 1 saturated heterocycles. The molecule has 1 aromatic carbocycles. The first-order valence-electron chi connectivity index (χ1n) is 7.00. The molecule has 1 aromatic rings. The Hall–Kier alpha value is -0.670. The molecule has 0 spiro atoms. The van der Waals surface area contributed by atoms with Gasteiger partial charge >= 0.3 is 0 Å². The number of rotatable bonds is 3. The van der Waals surface area contributed by atoms with Crippen LogP contribution in [0.3, 0.4) is 0 Å². The van der Waals surface area contributed by atoms with Gasteiger partial charge in [-0.15, -0.1) is 0 Å². The van der Waals surface area contributed by atoms with Crippen molar-refractivity contribution in [2.24, 2.45) is 0 Å². The highest BCUT2D eigenvalue weighted by Crippen LogP contribution is 2.34. The number of aromatic hydroxyl groups is 1. The van der Waals surface area contributed by atoms with Crippen LogP contribution in [0, 0.1) is 0 Å². The van der Waals surface area contributed by atoms with E-state index in [0.717, 1.165) is 18.2 Å². The van der Waals surface area contributed by atoms with Gasteiger partial charge in [0, 0.05) is 17.8 Å². The van der Waals surface area contributed by atoms with Gasteiger partial charge in [-0.25, -0.2) is 0 Å². The van der Waals surface area contributed by atoms with Gasteiger partial charge in [0.25, 0.3) is 0 Å². The maximum atomic E-state index is 9.49. The first-order chi connectivity index (χ1) is 8.83. The minimum Gasteiger partial charge on any atom is -0.508 e. The zero-order valence-corrected chi connectivity index (χ0v) is 11.5. The molecule has 3 heteroatoms. The summed E-state index contributed by atoms with van der Waals surface area (Å²) >= 11 is 2.13. The smallest absolute Gasteiger partial charge is 0.115 e. The molecule has 2 aliphatic rings. The fourth-order valence-corrected chi connectivity index (χ4v) is 4.31. The van der Waals surface area contributed by atoms with Gasteiger partial charge in [-0.3, -0.25) is 0 Å². The Labute approximate surface area is 113 Å². The van der Waals surface area contributed by atoms with Crippen molar-refractivity contribution in [3.8, 4) is 5.75 Å². The van der Waals surface area contributed by atoms with Crippen LogP contribution in [0.25, 0.3) is 0 Å². The van der Waals surface area contributed by atoms with Gasteiger partial charge in [0.1, 0.15) is 5.75 Å². The maximum Gasteiger partial charge on any atom is 0.115 e. The molecule has 2 N–H and O–H groups in total. The van der Waals surface area contributed by atoms with E-state index in [9.17, 15) is 5.11 Å². The van der Waals surface area contributed by atoms with Crippen molar-refractivity contribution in [2.75, 3.05) is 12.3 Å². The molecule has 0 amide bonds. The van der Waals surface area contributed by atoms with Gasteiger partial charge in [-0.1, -0.05) is 12.5 Å². The molecule has 0 radical (unpaired) electrons. The average molecular weight is 263 g/mol. The van der Waals surface area contributed by atoms with Gasteiger partial charge < -0.3 is 10.4 Å². The van der Waals surface area contributed by atoms with Crippen LogP contribution in [-0.4, -0.2) is 22.7 Å². The van der Waals surface area contributed by atoms with Crippen molar-refractivity contribution in [1.82, 2.24) is 5.32 Å². The quantitative estimate of drug-likeness (QED) is 0.878. The lowest BCUT2D eigenvalue weighted by Gasteiger charge is -2.24. The summed E-state index contributed by atoms with van der Waals surface area (Å²) in [5.41, 5.74) is 2.72. The van der Waals surface area contributed by atoms with Crippen LogP contribution in [0.15, 0.2) is 18.2 Å². The lowest BCUT2D eigenvalue weighted by molar-refractivity contribution is 0.474. The van der Waals surface area contributed by atoms with E-state index in [-0.39, 0.29) is 0 Å². The minimum atomic E-state index is 0.400. The number of nitrogens with one attached hydrogen (secondary N) is 1. The number of thioether (sulfide) groups is 1. The maximum absolute atomic E-state index is 9.49. The Kier molecular flexibility index (Phi) is 3.80. The largest absolute Gasteiger partial charge is 0.508 e. The van der Waals surface area contributed by atoms with Crippen molar-refractivity contribution >= 4 is 11.8 Å². The van der Waals surface area contributed by atoms with Crippen molar-refractivity contribution < 1.29 is 5.11 Å². The van der Waals surface area contributed by atoms with Crippen LogP contribution in [0.4, 0.5) is 0 Å². The predicted octanol–water partition coefficient (Wildman–Crippen LogP) is 3.25. The number of benzene rings is 1. The number of fused-ring (bicyclic) bond motifs is 1.